The van der Waals surface area contributed by atoms with Crippen LogP contribution in [-0.4, -0.2) is 36.5 Å². The molecule has 0 aliphatic heterocycles. The van der Waals surface area contributed by atoms with E-state index in [2.05, 4.69) is 5.32 Å². The Kier molecular flexibility index (Phi) is 4.95. The van der Waals surface area contributed by atoms with E-state index in [-0.39, 0.29) is 19.3 Å². The van der Waals surface area contributed by atoms with Crippen molar-refractivity contribution in [2.24, 2.45) is 0 Å². The molecule has 0 aromatic rings. The molecule has 0 aliphatic rings. The highest BCUT2D eigenvalue weighted by Gasteiger charge is 1.99. The molecule has 0 aromatic heterocycles. The summed E-state index contributed by atoms with van der Waals surface area (Å²) in [7, 11) is 1.76. The van der Waals surface area contributed by atoms with Gasteiger partial charge in [0.1, 0.15) is 0 Å². The van der Waals surface area contributed by atoms with E-state index in [1.54, 1.807) is 7.05 Å². The van der Waals surface area contributed by atoms with Crippen LogP contribution < -0.4 is 5.32 Å². The highest BCUT2D eigenvalue weighted by atomic mass is 16.3. The van der Waals surface area contributed by atoms with E-state index >= 15 is 0 Å². The lowest BCUT2D eigenvalue weighted by Gasteiger charge is -2.09. The molecule has 0 spiro atoms. The van der Waals surface area contributed by atoms with Gasteiger partial charge in [-0.2, -0.15) is 0 Å². The van der Waals surface area contributed by atoms with Crippen molar-refractivity contribution in [2.75, 3.05) is 20.3 Å². The highest BCUT2D eigenvalue weighted by Crippen LogP contribution is 1.85. The van der Waals surface area contributed by atoms with Gasteiger partial charge in [-0.15, -0.1) is 0 Å². The first kappa shape index (κ1) is 7.88. The fourth-order valence-electron chi connectivity index (χ4n) is 0.483. The number of aliphatic hydroxyl groups excluding tert-OH is 2. The Hall–Kier alpha value is -0.120. The lowest BCUT2D eigenvalue weighted by Crippen LogP contribution is -2.29. The third kappa shape index (κ3) is 2.96. The van der Waals surface area contributed by atoms with Crippen LogP contribution in [0.4, 0.5) is 0 Å². The van der Waals surface area contributed by atoms with Gasteiger partial charge in [-0.25, -0.2) is 0 Å². The van der Waals surface area contributed by atoms with E-state index in [9.17, 15) is 0 Å². The number of hydrogen-bond acceptors (Lipinski definition) is 3. The molecule has 0 fully saturated rings. The van der Waals surface area contributed by atoms with Crippen molar-refractivity contribution in [1.82, 2.24) is 5.32 Å². The van der Waals surface area contributed by atoms with Gasteiger partial charge in [-0.1, -0.05) is 0 Å². The second-order valence-corrected chi connectivity index (χ2v) is 1.68. The summed E-state index contributed by atoms with van der Waals surface area (Å²) in [5.41, 5.74) is 0. The third-order valence-electron chi connectivity index (χ3n) is 1.11. The molecule has 3 N–H and O–H groups in total. The molecule has 50 valence electrons. The molecule has 0 unspecified atom stereocenters. The molecule has 0 heterocycles. The summed E-state index contributed by atoms with van der Waals surface area (Å²) in [6.07, 6.45) is 0.618. The van der Waals surface area contributed by atoms with Crippen LogP contribution in [0.25, 0.3) is 0 Å². The lowest BCUT2D eigenvalue weighted by molar-refractivity contribution is 0.206. The Morgan fingerprint density at radius 2 is 2.12 bits per heavy atom. The second-order valence-electron chi connectivity index (χ2n) is 1.68. The number of hydrogen-bond donors (Lipinski definition) is 3. The van der Waals surface area contributed by atoms with Crippen LogP contribution in [0.5, 0.6) is 0 Å². The minimum Gasteiger partial charge on any atom is -0.396 e. The Bertz CT molecular complexity index is 45.7. The number of nitrogens with one attached hydrogen (secondary N) is 1. The van der Waals surface area contributed by atoms with E-state index in [1.807, 2.05) is 0 Å². The minimum absolute atomic E-state index is 0.0556. The predicted octanol–water partition coefficient (Wildman–Crippen LogP) is -1.05. The summed E-state index contributed by atoms with van der Waals surface area (Å²) in [4.78, 5) is 0. The van der Waals surface area contributed by atoms with Crippen molar-refractivity contribution in [1.29, 1.82) is 0 Å². The molecule has 0 saturated heterocycles. The maximum atomic E-state index is 8.48. The van der Waals surface area contributed by atoms with Crippen LogP contribution in [0.1, 0.15) is 6.42 Å². The van der Waals surface area contributed by atoms with Gasteiger partial charge >= 0.3 is 0 Å². The van der Waals surface area contributed by atoms with Crippen molar-refractivity contribution in [2.45, 2.75) is 12.5 Å². The maximum absolute atomic E-state index is 8.48. The molecule has 8 heavy (non-hydrogen) atoms. The van der Waals surface area contributed by atoms with Gasteiger partial charge in [0.2, 0.25) is 0 Å². The maximum Gasteiger partial charge on any atom is 0.0585 e. The average molecular weight is 119 g/mol. The van der Waals surface area contributed by atoms with E-state index in [4.69, 9.17) is 10.2 Å². The van der Waals surface area contributed by atoms with Crippen molar-refractivity contribution in [3.05, 3.63) is 0 Å². The molecule has 0 saturated carbocycles. The van der Waals surface area contributed by atoms with Gasteiger partial charge in [0.05, 0.1) is 6.61 Å². The topological polar surface area (TPSA) is 52.5 Å². The molecule has 0 amide bonds. The second kappa shape index (κ2) is 5.03. The number of aliphatic hydroxyl groups is 2. The average Bonchev–Trinajstić information content (AvgIpc) is 1.83. The van der Waals surface area contributed by atoms with Crippen molar-refractivity contribution < 1.29 is 10.2 Å². The number of rotatable bonds is 4. The summed E-state index contributed by atoms with van der Waals surface area (Å²) in [6.45, 7) is 0.225. The SMILES string of the molecule is CN[C@@H](CO)CCO. The molecular formula is C5H13NO2. The van der Waals surface area contributed by atoms with Gasteiger partial charge in [-0.3, -0.25) is 0 Å². The first-order valence-corrected chi connectivity index (χ1v) is 2.74. The van der Waals surface area contributed by atoms with Gasteiger partial charge in [0.25, 0.3) is 0 Å². The van der Waals surface area contributed by atoms with Gasteiger partial charge in [-0.05, 0) is 13.5 Å². The van der Waals surface area contributed by atoms with Crippen LogP contribution in [-0.2, 0) is 0 Å². The zero-order valence-corrected chi connectivity index (χ0v) is 5.09. The molecule has 3 heteroatoms. The first-order valence-electron chi connectivity index (χ1n) is 2.74. The van der Waals surface area contributed by atoms with Crippen LogP contribution in [0.3, 0.4) is 0 Å². The fourth-order valence-corrected chi connectivity index (χ4v) is 0.483. The Labute approximate surface area is 49.3 Å². The van der Waals surface area contributed by atoms with E-state index in [1.165, 1.54) is 0 Å². The minimum atomic E-state index is 0.0556. The highest BCUT2D eigenvalue weighted by molar-refractivity contribution is 4.59. The molecule has 0 aliphatic carbocycles. The smallest absolute Gasteiger partial charge is 0.0585 e. The largest absolute Gasteiger partial charge is 0.396 e. The quantitative estimate of drug-likeness (QED) is 0.442. The zero-order chi connectivity index (χ0) is 6.41. The van der Waals surface area contributed by atoms with E-state index < -0.39 is 0 Å². The predicted molar refractivity (Wildman–Crippen MR) is 31.6 cm³/mol. The Morgan fingerprint density at radius 1 is 1.50 bits per heavy atom. The fraction of sp³-hybridized carbons (Fsp3) is 1.00. The molecular weight excluding hydrogens is 106 g/mol. The standard InChI is InChI=1S/C5H13NO2/c1-6-5(4-8)2-3-7/h5-8H,2-4H2,1H3/t5-/m1/s1. The van der Waals surface area contributed by atoms with Crippen molar-refractivity contribution in [3.63, 3.8) is 0 Å². The molecule has 1 atom stereocenters. The number of likely N-dealkylation sites (N-methyl/N-ethyl adjacent to an activating group) is 1. The Balaban J connectivity index is 3.07. The monoisotopic (exact) mass is 119 g/mol. The van der Waals surface area contributed by atoms with E-state index in [0.717, 1.165) is 0 Å². The molecule has 3 nitrogen and oxygen atoms in total. The summed E-state index contributed by atoms with van der Waals surface area (Å²) in [5.74, 6) is 0. The Morgan fingerprint density at radius 3 is 2.25 bits per heavy atom. The molecule has 0 radical (unpaired) electrons. The van der Waals surface area contributed by atoms with Crippen LogP contribution >= 0.6 is 0 Å². The normalized spacial score (nSPS) is 13.9. The summed E-state index contributed by atoms with van der Waals surface area (Å²) in [6, 6.07) is 0.0556. The zero-order valence-electron chi connectivity index (χ0n) is 5.09. The van der Waals surface area contributed by atoms with Crippen molar-refractivity contribution >= 4 is 0 Å². The van der Waals surface area contributed by atoms with Crippen LogP contribution in [0.15, 0.2) is 0 Å². The third-order valence-corrected chi connectivity index (χ3v) is 1.11. The molecule has 0 bridgehead atoms. The van der Waals surface area contributed by atoms with Crippen LogP contribution in [0.2, 0.25) is 0 Å². The van der Waals surface area contributed by atoms with E-state index in [0.29, 0.717) is 6.42 Å². The van der Waals surface area contributed by atoms with Crippen molar-refractivity contribution in [3.8, 4) is 0 Å². The van der Waals surface area contributed by atoms with Gasteiger partial charge in [0.15, 0.2) is 0 Å². The summed E-state index contributed by atoms with van der Waals surface area (Å²) < 4.78 is 0. The lowest BCUT2D eigenvalue weighted by atomic mass is 10.2. The van der Waals surface area contributed by atoms with Crippen LogP contribution in [0, 0.1) is 0 Å². The first-order chi connectivity index (χ1) is 3.85. The summed E-state index contributed by atoms with van der Waals surface area (Å²) >= 11 is 0. The summed E-state index contributed by atoms with van der Waals surface area (Å²) in [5, 5.41) is 19.7. The van der Waals surface area contributed by atoms with Gasteiger partial charge < -0.3 is 15.5 Å². The van der Waals surface area contributed by atoms with Gasteiger partial charge in [0, 0.05) is 12.6 Å². The molecule has 0 rings (SSSR count). The molecule has 0 aromatic carbocycles.